The van der Waals surface area contributed by atoms with Gasteiger partial charge in [0.15, 0.2) is 11.6 Å². The Bertz CT molecular complexity index is 1600. The summed E-state index contributed by atoms with van der Waals surface area (Å²) in [5, 5.41) is 0. The Morgan fingerprint density at radius 1 is 1.23 bits per heavy atom. The number of carbonyl (C=O) groups excluding carboxylic acids is 1. The molecule has 0 radical (unpaired) electrons. The fraction of sp³-hybridized carbons (Fsp3) is 0.600. The molecule has 0 bridgehead atoms. The maximum atomic E-state index is 16.6. The number of hydrogen-bond donors (Lipinski definition) is 1. The molecule has 1 aromatic carbocycles. The van der Waals surface area contributed by atoms with Crippen molar-refractivity contribution in [1.82, 2.24) is 14.8 Å². The molecule has 2 aliphatic carbocycles. The van der Waals surface area contributed by atoms with Crippen LogP contribution >= 0.6 is 0 Å². The van der Waals surface area contributed by atoms with Crippen LogP contribution in [0.4, 0.5) is 4.39 Å². The first kappa shape index (κ1) is 20.8. The summed E-state index contributed by atoms with van der Waals surface area (Å²) in [6, 6.07) is 1.48. The van der Waals surface area contributed by atoms with Gasteiger partial charge in [0.2, 0.25) is 5.75 Å². The topological polar surface area (TPSA) is 84.1 Å². The highest BCUT2D eigenvalue weighted by Crippen LogP contribution is 2.59. The largest absolute Gasteiger partial charge is 0.496 e. The number of H-pyrrole nitrogens is 1. The number of fused-ring (bicyclic) bond motifs is 3. The minimum Gasteiger partial charge on any atom is -0.496 e. The lowest BCUT2D eigenvalue weighted by atomic mass is 9.81. The fourth-order valence-corrected chi connectivity index (χ4v) is 6.58. The summed E-state index contributed by atoms with van der Waals surface area (Å²) in [5.41, 5.74) is -0.763. The SMILES string of the molecule is [2H]C([2H])([2H])N(C)C1CCC([C@]2(C)Oc3c(C)c4c(c(F)c3O2)C2(CC2)C([2H])([2H])N(Cc2c(OC)cc(C)[nH]c2=O)C4=O)CC1. The summed E-state index contributed by atoms with van der Waals surface area (Å²) in [5.74, 6) is -2.72. The summed E-state index contributed by atoms with van der Waals surface area (Å²) in [7, 11) is 3.00. The Labute approximate surface area is 235 Å². The first-order valence-corrected chi connectivity index (χ1v) is 13.5. The number of amides is 1. The molecule has 0 saturated heterocycles. The lowest BCUT2D eigenvalue weighted by Crippen LogP contribution is -2.46. The highest BCUT2D eigenvalue weighted by molar-refractivity contribution is 6.00. The molecule has 1 N–H and O–H groups in total. The highest BCUT2D eigenvalue weighted by Gasteiger charge is 2.57. The third kappa shape index (κ3) is 4.03. The molecule has 2 saturated carbocycles. The summed E-state index contributed by atoms with van der Waals surface area (Å²) in [6.07, 6.45) is 3.03. The highest BCUT2D eigenvalue weighted by atomic mass is 19.1. The minimum absolute atomic E-state index is 0.000593. The summed E-state index contributed by atoms with van der Waals surface area (Å²) < 4.78 is 76.1. The van der Waals surface area contributed by atoms with Gasteiger partial charge in [0, 0.05) is 51.7 Å². The smallest absolute Gasteiger partial charge is 0.256 e. The summed E-state index contributed by atoms with van der Waals surface area (Å²) >= 11 is 0. The molecule has 2 aliphatic heterocycles. The first-order valence-electron chi connectivity index (χ1n) is 16.0. The second kappa shape index (κ2) is 8.98. The average Bonchev–Trinajstić information content (AvgIpc) is 3.68. The summed E-state index contributed by atoms with van der Waals surface area (Å²) in [4.78, 5) is 32.2. The van der Waals surface area contributed by atoms with Crippen molar-refractivity contribution in [1.29, 1.82) is 0 Å². The third-order valence-corrected chi connectivity index (χ3v) is 8.99. The Kier molecular flexibility index (Phi) is 4.78. The number of pyridine rings is 1. The van der Waals surface area contributed by atoms with E-state index in [9.17, 15) is 9.59 Å². The average molecular weight is 545 g/mol. The van der Waals surface area contributed by atoms with Gasteiger partial charge in [-0.1, -0.05) is 0 Å². The van der Waals surface area contributed by atoms with Crippen molar-refractivity contribution in [3.05, 3.63) is 50.2 Å². The van der Waals surface area contributed by atoms with Crippen LogP contribution in [0.1, 0.15) is 85.0 Å². The standard InChI is InChI=1S/C30H38FN3O5/c1-16-13-21(37-6)20(27(35)32-16)14-34-15-30(11-12-30)23-22(28(34)36)17(2)25-26(24(23)31)39-29(3,38-25)18-7-9-19(10-8-18)33(4)5/h13,18-19H,7-12,14-15H2,1-6H3,(H,32,35)/t18?,19?,29-/m1/s1/i4D3,15D2. The van der Waals surface area contributed by atoms with Crippen molar-refractivity contribution in [3.63, 3.8) is 0 Å². The second-order valence-corrected chi connectivity index (χ2v) is 11.6. The molecular formula is C30H38FN3O5. The zero-order valence-corrected chi connectivity index (χ0v) is 23.0. The molecule has 6 rings (SSSR count). The number of methoxy groups -OCH3 is 1. The number of rotatable bonds is 5. The molecule has 39 heavy (non-hydrogen) atoms. The lowest BCUT2D eigenvalue weighted by Gasteiger charge is -2.39. The Balaban J connectivity index is 1.36. The molecule has 210 valence electrons. The van der Waals surface area contributed by atoms with Crippen LogP contribution in [0.2, 0.25) is 0 Å². The summed E-state index contributed by atoms with van der Waals surface area (Å²) in [6.45, 7) is 0.210. The number of carbonyl (C=O) groups is 1. The molecule has 4 aliphatic rings. The van der Waals surface area contributed by atoms with Gasteiger partial charge < -0.3 is 29.0 Å². The first-order chi connectivity index (χ1) is 20.5. The van der Waals surface area contributed by atoms with Gasteiger partial charge in [-0.2, -0.15) is 0 Å². The molecule has 1 amide bonds. The number of hydrogen-bond acceptors (Lipinski definition) is 6. The van der Waals surface area contributed by atoms with Crippen LogP contribution in [0.5, 0.6) is 17.2 Å². The van der Waals surface area contributed by atoms with Crippen molar-refractivity contribution in [2.45, 2.75) is 83.1 Å². The van der Waals surface area contributed by atoms with Crippen molar-refractivity contribution < 1.29 is 30.2 Å². The number of ether oxygens (including phenoxy) is 3. The molecule has 0 unspecified atom stereocenters. The molecule has 9 heteroatoms. The number of benzene rings is 1. The lowest BCUT2D eigenvalue weighted by molar-refractivity contribution is -0.124. The van der Waals surface area contributed by atoms with E-state index in [1.54, 1.807) is 33.9 Å². The Morgan fingerprint density at radius 2 is 1.92 bits per heavy atom. The predicted octanol–water partition coefficient (Wildman–Crippen LogP) is 4.43. The van der Waals surface area contributed by atoms with Crippen molar-refractivity contribution in [2.75, 3.05) is 27.6 Å². The van der Waals surface area contributed by atoms with Crippen LogP contribution in [0.3, 0.4) is 0 Å². The monoisotopic (exact) mass is 544 g/mol. The molecule has 1 spiro atoms. The fourth-order valence-electron chi connectivity index (χ4n) is 6.58. The van der Waals surface area contributed by atoms with E-state index in [4.69, 9.17) is 21.1 Å². The van der Waals surface area contributed by atoms with E-state index in [2.05, 4.69) is 4.98 Å². The molecule has 1 aromatic heterocycles. The normalized spacial score (nSPS) is 30.3. The van der Waals surface area contributed by atoms with Crippen LogP contribution in [-0.4, -0.2) is 60.2 Å². The zero-order chi connectivity index (χ0) is 32.1. The van der Waals surface area contributed by atoms with E-state index < -0.39 is 42.0 Å². The van der Waals surface area contributed by atoms with Crippen molar-refractivity contribution in [3.8, 4) is 17.2 Å². The van der Waals surface area contributed by atoms with Crippen LogP contribution in [0.15, 0.2) is 10.9 Å². The van der Waals surface area contributed by atoms with Gasteiger partial charge in [-0.05, 0) is 72.5 Å². The quantitative estimate of drug-likeness (QED) is 0.600. The van der Waals surface area contributed by atoms with E-state index >= 15 is 4.39 Å². The molecule has 8 nitrogen and oxygen atoms in total. The number of nitrogens with one attached hydrogen (secondary N) is 1. The van der Waals surface area contributed by atoms with Gasteiger partial charge in [-0.25, -0.2) is 4.39 Å². The molecule has 2 fully saturated rings. The number of aromatic nitrogens is 1. The van der Waals surface area contributed by atoms with Crippen LogP contribution in [0, 0.1) is 25.6 Å². The molecule has 3 heterocycles. The van der Waals surface area contributed by atoms with E-state index in [1.165, 1.54) is 12.0 Å². The van der Waals surface area contributed by atoms with Crippen molar-refractivity contribution >= 4 is 5.91 Å². The third-order valence-electron chi connectivity index (χ3n) is 8.99. The maximum absolute atomic E-state index is 16.6. The van der Waals surface area contributed by atoms with Gasteiger partial charge in [0.25, 0.3) is 17.3 Å². The Morgan fingerprint density at radius 3 is 2.56 bits per heavy atom. The minimum atomic E-state index is -2.31. The molecule has 2 aromatic rings. The van der Waals surface area contributed by atoms with E-state index in [-0.39, 0.29) is 52.4 Å². The van der Waals surface area contributed by atoms with Crippen LogP contribution < -0.4 is 19.8 Å². The second-order valence-electron chi connectivity index (χ2n) is 11.6. The van der Waals surface area contributed by atoms with Gasteiger partial charge >= 0.3 is 0 Å². The number of nitrogens with zero attached hydrogens (tertiary/aromatic N) is 2. The van der Waals surface area contributed by atoms with E-state index in [0.717, 1.165) is 4.90 Å². The number of aromatic amines is 1. The van der Waals surface area contributed by atoms with Crippen molar-refractivity contribution in [2.24, 2.45) is 5.92 Å². The molecule has 1 atom stereocenters. The van der Waals surface area contributed by atoms with Gasteiger partial charge in [0.1, 0.15) is 5.75 Å². The van der Waals surface area contributed by atoms with E-state index in [1.807, 2.05) is 0 Å². The van der Waals surface area contributed by atoms with Gasteiger partial charge in [-0.3, -0.25) is 9.59 Å². The van der Waals surface area contributed by atoms with E-state index in [0.29, 0.717) is 49.8 Å². The number of aryl methyl sites for hydroxylation is 1. The Hall–Kier alpha value is -3.07. The van der Waals surface area contributed by atoms with Gasteiger partial charge in [-0.15, -0.1) is 0 Å². The van der Waals surface area contributed by atoms with Crippen LogP contribution in [0.25, 0.3) is 0 Å². The zero-order valence-electron chi connectivity index (χ0n) is 28.0. The van der Waals surface area contributed by atoms with Gasteiger partial charge in [0.05, 0.1) is 27.5 Å². The maximum Gasteiger partial charge on any atom is 0.256 e. The molecular weight excluding hydrogens is 501 g/mol. The number of halogens is 1. The van der Waals surface area contributed by atoms with Crippen LogP contribution in [-0.2, 0) is 12.0 Å². The predicted molar refractivity (Wildman–Crippen MR) is 144 cm³/mol.